The molecule has 0 aliphatic heterocycles. The van der Waals surface area contributed by atoms with Gasteiger partial charge in [-0.15, -0.1) is 0 Å². The van der Waals surface area contributed by atoms with E-state index in [1.54, 1.807) is 13.3 Å². The molecule has 110 valence electrons. The van der Waals surface area contributed by atoms with Crippen molar-refractivity contribution in [3.8, 4) is 5.75 Å². The Balaban J connectivity index is 1.74. The van der Waals surface area contributed by atoms with Gasteiger partial charge in [0, 0.05) is 12.2 Å². The molecule has 0 radical (unpaired) electrons. The first-order valence-corrected chi connectivity index (χ1v) is 6.78. The van der Waals surface area contributed by atoms with E-state index in [-0.39, 0.29) is 6.03 Å². The Morgan fingerprint density at radius 2 is 1.95 bits per heavy atom. The van der Waals surface area contributed by atoms with Gasteiger partial charge in [-0.2, -0.15) is 0 Å². The Morgan fingerprint density at radius 1 is 1.19 bits per heavy atom. The number of aryl methyl sites for hydroxylation is 1. The number of amides is 2. The Morgan fingerprint density at radius 3 is 2.57 bits per heavy atom. The first kappa shape index (κ1) is 14.8. The number of benzene rings is 1. The van der Waals surface area contributed by atoms with E-state index in [2.05, 4.69) is 15.6 Å². The smallest absolute Gasteiger partial charge is 0.319 e. The lowest BCUT2D eigenvalue weighted by Gasteiger charge is -2.08. The second-order valence-electron chi connectivity index (χ2n) is 4.67. The molecule has 2 rings (SSSR count). The van der Waals surface area contributed by atoms with E-state index in [0.717, 1.165) is 23.4 Å². The van der Waals surface area contributed by atoms with Gasteiger partial charge < -0.3 is 15.4 Å². The molecule has 0 unspecified atom stereocenters. The van der Waals surface area contributed by atoms with Crippen molar-refractivity contribution in [1.29, 1.82) is 0 Å². The van der Waals surface area contributed by atoms with E-state index < -0.39 is 0 Å². The number of carbonyl (C=O) groups is 1. The molecular formula is C16H19N3O2. The number of hydrogen-bond acceptors (Lipinski definition) is 3. The van der Waals surface area contributed by atoms with Gasteiger partial charge in [0.1, 0.15) is 5.75 Å². The molecule has 0 saturated carbocycles. The fourth-order valence-electron chi connectivity index (χ4n) is 1.83. The van der Waals surface area contributed by atoms with Crippen LogP contribution in [0.25, 0.3) is 0 Å². The van der Waals surface area contributed by atoms with Crippen molar-refractivity contribution in [2.45, 2.75) is 13.3 Å². The number of rotatable bonds is 5. The lowest BCUT2D eigenvalue weighted by molar-refractivity contribution is 0.252. The monoisotopic (exact) mass is 285 g/mol. The van der Waals surface area contributed by atoms with E-state index in [4.69, 9.17) is 4.74 Å². The number of nitrogens with one attached hydrogen (secondary N) is 2. The van der Waals surface area contributed by atoms with Gasteiger partial charge in [0.05, 0.1) is 19.0 Å². The molecule has 0 spiro atoms. The summed E-state index contributed by atoms with van der Waals surface area (Å²) in [4.78, 5) is 15.8. The maximum Gasteiger partial charge on any atom is 0.319 e. The van der Waals surface area contributed by atoms with Gasteiger partial charge in [-0.3, -0.25) is 4.98 Å². The third-order valence-corrected chi connectivity index (χ3v) is 3.03. The molecule has 5 heteroatoms. The average Bonchev–Trinajstić information content (AvgIpc) is 2.50. The zero-order valence-corrected chi connectivity index (χ0v) is 12.2. The Bertz CT molecular complexity index is 579. The van der Waals surface area contributed by atoms with Gasteiger partial charge in [-0.25, -0.2) is 4.79 Å². The average molecular weight is 285 g/mol. The number of carbonyl (C=O) groups excluding carboxylic acids is 1. The number of aromatic nitrogens is 1. The molecule has 0 saturated heterocycles. The highest BCUT2D eigenvalue weighted by Gasteiger charge is 2.01. The van der Waals surface area contributed by atoms with E-state index in [1.807, 2.05) is 43.3 Å². The van der Waals surface area contributed by atoms with Gasteiger partial charge in [0.25, 0.3) is 0 Å². The van der Waals surface area contributed by atoms with Crippen LogP contribution < -0.4 is 15.4 Å². The van der Waals surface area contributed by atoms with Gasteiger partial charge in [-0.05, 0) is 43.2 Å². The maximum absolute atomic E-state index is 11.7. The van der Waals surface area contributed by atoms with Crippen LogP contribution in [-0.4, -0.2) is 24.7 Å². The number of anilines is 1. The van der Waals surface area contributed by atoms with Crippen molar-refractivity contribution >= 4 is 11.7 Å². The summed E-state index contributed by atoms with van der Waals surface area (Å²) in [6.07, 6.45) is 2.40. The standard InChI is InChI=1S/C16H19N3O2/c1-12-3-6-14(11-18-12)19-16(20)17-10-9-13-4-7-15(21-2)8-5-13/h3-8,11H,9-10H2,1-2H3,(H2,17,19,20). The minimum absolute atomic E-state index is 0.228. The number of urea groups is 1. The Labute approximate surface area is 124 Å². The Kier molecular flexibility index (Phi) is 5.15. The normalized spacial score (nSPS) is 10.0. The maximum atomic E-state index is 11.7. The summed E-state index contributed by atoms with van der Waals surface area (Å²) in [5, 5.41) is 5.55. The van der Waals surface area contributed by atoms with Gasteiger partial charge in [0.15, 0.2) is 0 Å². The second kappa shape index (κ2) is 7.28. The molecule has 1 heterocycles. The lowest BCUT2D eigenvalue weighted by Crippen LogP contribution is -2.30. The molecule has 0 bridgehead atoms. The van der Waals surface area contributed by atoms with Crippen LogP contribution in [-0.2, 0) is 6.42 Å². The van der Waals surface area contributed by atoms with Crippen LogP contribution in [0, 0.1) is 6.92 Å². The van der Waals surface area contributed by atoms with Crippen molar-refractivity contribution in [2.75, 3.05) is 19.0 Å². The van der Waals surface area contributed by atoms with Gasteiger partial charge >= 0.3 is 6.03 Å². The van der Waals surface area contributed by atoms with Crippen LogP contribution in [0.3, 0.4) is 0 Å². The summed E-state index contributed by atoms with van der Waals surface area (Å²) in [6.45, 7) is 2.47. The fraction of sp³-hybridized carbons (Fsp3) is 0.250. The number of ether oxygens (including phenoxy) is 1. The first-order chi connectivity index (χ1) is 10.2. The largest absolute Gasteiger partial charge is 0.497 e. The van der Waals surface area contributed by atoms with Gasteiger partial charge in [0.2, 0.25) is 0 Å². The van der Waals surface area contributed by atoms with E-state index >= 15 is 0 Å². The molecule has 21 heavy (non-hydrogen) atoms. The predicted molar refractivity (Wildman–Crippen MR) is 82.7 cm³/mol. The highest BCUT2D eigenvalue weighted by Crippen LogP contribution is 2.11. The Hall–Kier alpha value is -2.56. The second-order valence-corrected chi connectivity index (χ2v) is 4.67. The third kappa shape index (κ3) is 4.80. The zero-order valence-electron chi connectivity index (χ0n) is 12.2. The minimum atomic E-state index is -0.228. The predicted octanol–water partition coefficient (Wildman–Crippen LogP) is 2.76. The summed E-state index contributed by atoms with van der Waals surface area (Å²) >= 11 is 0. The topological polar surface area (TPSA) is 63.2 Å². The summed E-state index contributed by atoms with van der Waals surface area (Å²) in [6, 6.07) is 11.2. The molecular weight excluding hydrogens is 266 g/mol. The van der Waals surface area contributed by atoms with Crippen LogP contribution in [0.5, 0.6) is 5.75 Å². The summed E-state index contributed by atoms with van der Waals surface area (Å²) in [5.74, 6) is 0.830. The highest BCUT2D eigenvalue weighted by molar-refractivity contribution is 5.88. The molecule has 1 aromatic carbocycles. The molecule has 2 aromatic rings. The molecule has 0 aliphatic rings. The lowest BCUT2D eigenvalue weighted by atomic mass is 10.1. The zero-order chi connectivity index (χ0) is 15.1. The van der Waals surface area contributed by atoms with E-state index in [9.17, 15) is 4.79 Å². The third-order valence-electron chi connectivity index (χ3n) is 3.03. The number of pyridine rings is 1. The van der Waals surface area contributed by atoms with Crippen LogP contribution in [0.2, 0.25) is 0 Å². The van der Waals surface area contributed by atoms with Crippen molar-refractivity contribution < 1.29 is 9.53 Å². The van der Waals surface area contributed by atoms with E-state index in [0.29, 0.717) is 12.2 Å². The van der Waals surface area contributed by atoms with Crippen molar-refractivity contribution in [3.63, 3.8) is 0 Å². The summed E-state index contributed by atoms with van der Waals surface area (Å²) < 4.78 is 5.10. The number of hydrogen-bond donors (Lipinski definition) is 2. The van der Waals surface area contributed by atoms with Crippen molar-refractivity contribution in [3.05, 3.63) is 53.9 Å². The quantitative estimate of drug-likeness (QED) is 0.888. The van der Waals surface area contributed by atoms with Crippen LogP contribution in [0.15, 0.2) is 42.6 Å². The number of methoxy groups -OCH3 is 1. The van der Waals surface area contributed by atoms with Crippen LogP contribution >= 0.6 is 0 Å². The fourth-order valence-corrected chi connectivity index (χ4v) is 1.83. The van der Waals surface area contributed by atoms with Crippen LogP contribution in [0.4, 0.5) is 10.5 Å². The first-order valence-electron chi connectivity index (χ1n) is 6.78. The number of nitrogens with zero attached hydrogens (tertiary/aromatic N) is 1. The molecule has 0 atom stereocenters. The molecule has 2 amide bonds. The van der Waals surface area contributed by atoms with Crippen LogP contribution in [0.1, 0.15) is 11.3 Å². The van der Waals surface area contributed by atoms with E-state index in [1.165, 1.54) is 0 Å². The van der Waals surface area contributed by atoms with Crippen molar-refractivity contribution in [2.24, 2.45) is 0 Å². The molecule has 2 N–H and O–H groups in total. The molecule has 1 aromatic heterocycles. The minimum Gasteiger partial charge on any atom is -0.497 e. The SMILES string of the molecule is COc1ccc(CCNC(=O)Nc2ccc(C)nc2)cc1. The molecule has 0 aliphatic carbocycles. The van der Waals surface area contributed by atoms with Gasteiger partial charge in [-0.1, -0.05) is 12.1 Å². The summed E-state index contributed by atoms with van der Waals surface area (Å²) in [7, 11) is 1.64. The van der Waals surface area contributed by atoms with Crippen molar-refractivity contribution in [1.82, 2.24) is 10.3 Å². The molecule has 0 fully saturated rings. The summed E-state index contributed by atoms with van der Waals surface area (Å²) in [5.41, 5.74) is 2.75. The molecule has 5 nitrogen and oxygen atoms in total. The highest BCUT2D eigenvalue weighted by atomic mass is 16.5.